The summed E-state index contributed by atoms with van der Waals surface area (Å²) < 4.78 is 78.0. The van der Waals surface area contributed by atoms with Crippen molar-refractivity contribution in [1.29, 1.82) is 0 Å². The fourth-order valence-corrected chi connectivity index (χ4v) is 2.23. The molecule has 1 aromatic carbocycles. The second kappa shape index (κ2) is 8.07. The monoisotopic (exact) mass is 379 g/mol. The van der Waals surface area contributed by atoms with Crippen LogP contribution in [0.15, 0.2) is 41.0 Å². The van der Waals surface area contributed by atoms with E-state index >= 15 is 0 Å². The normalized spacial score (nSPS) is 11.5. The molecule has 142 valence electrons. The summed E-state index contributed by atoms with van der Waals surface area (Å²) in [4.78, 5) is 13.0. The van der Waals surface area contributed by atoms with Crippen molar-refractivity contribution in [3.05, 3.63) is 47.9 Å². The second-order valence-corrected chi connectivity index (χ2v) is 5.07. The summed E-state index contributed by atoms with van der Waals surface area (Å²) in [5.74, 6) is -1.90. The number of hydrogen-bond donors (Lipinski definition) is 0. The number of amides is 1. The molecule has 0 radical (unpaired) electrons. The molecule has 0 N–H and O–H groups in total. The summed E-state index contributed by atoms with van der Waals surface area (Å²) in [5.41, 5.74) is -0.486. The van der Waals surface area contributed by atoms with Crippen LogP contribution in [0.1, 0.15) is 16.1 Å². The molecule has 26 heavy (non-hydrogen) atoms. The van der Waals surface area contributed by atoms with E-state index in [0.717, 1.165) is 13.2 Å². The Morgan fingerprint density at radius 2 is 1.96 bits per heavy atom. The Morgan fingerprint density at radius 3 is 2.50 bits per heavy atom. The van der Waals surface area contributed by atoms with Crippen LogP contribution in [0.3, 0.4) is 0 Å². The van der Waals surface area contributed by atoms with E-state index < -0.39 is 43.1 Å². The molecule has 0 saturated heterocycles. The van der Waals surface area contributed by atoms with E-state index in [1.807, 2.05) is 0 Å². The van der Waals surface area contributed by atoms with Gasteiger partial charge in [0.1, 0.15) is 12.3 Å². The predicted octanol–water partition coefficient (Wildman–Crippen LogP) is 4.09. The number of alkyl halides is 5. The Bertz CT molecular complexity index is 731. The maximum atomic E-state index is 12.9. The molecule has 10 heteroatoms. The van der Waals surface area contributed by atoms with Crippen molar-refractivity contribution in [2.75, 3.05) is 13.7 Å². The third-order valence-electron chi connectivity index (χ3n) is 3.22. The van der Waals surface area contributed by atoms with Gasteiger partial charge in [0, 0.05) is 0 Å². The number of hydrogen-bond acceptors (Lipinski definition) is 4. The van der Waals surface area contributed by atoms with Gasteiger partial charge in [-0.25, -0.2) is 0 Å². The summed E-state index contributed by atoms with van der Waals surface area (Å²) in [7, 11) is 1.15. The summed E-state index contributed by atoms with van der Waals surface area (Å²) in [6, 6.07) is 6.44. The van der Waals surface area contributed by atoms with Crippen molar-refractivity contribution in [2.45, 2.75) is 19.3 Å². The highest BCUT2D eigenvalue weighted by Crippen LogP contribution is 2.34. The first-order valence-electron chi connectivity index (χ1n) is 7.21. The molecule has 0 atom stereocenters. The molecule has 0 aliphatic rings. The number of para-hydroxylation sites is 1. The highest BCUT2D eigenvalue weighted by atomic mass is 19.4. The van der Waals surface area contributed by atoms with E-state index in [4.69, 9.17) is 9.15 Å². The first-order chi connectivity index (χ1) is 12.2. The van der Waals surface area contributed by atoms with Crippen molar-refractivity contribution in [3.63, 3.8) is 0 Å². The van der Waals surface area contributed by atoms with Crippen molar-refractivity contribution < 1.29 is 40.6 Å². The van der Waals surface area contributed by atoms with Crippen molar-refractivity contribution >= 4 is 5.91 Å². The number of nitrogens with zero attached hydrogens (tertiary/aromatic N) is 1. The van der Waals surface area contributed by atoms with Crippen LogP contribution in [0.5, 0.6) is 11.5 Å². The van der Waals surface area contributed by atoms with Gasteiger partial charge in [-0.05, 0) is 24.3 Å². The molecule has 2 rings (SSSR count). The molecule has 5 nitrogen and oxygen atoms in total. The molecule has 1 heterocycles. The number of ether oxygens (including phenoxy) is 2. The molecule has 0 saturated carbocycles. The van der Waals surface area contributed by atoms with Crippen molar-refractivity contribution in [3.8, 4) is 11.5 Å². The standard InChI is InChI=1S/C16H14F5NO4/c1-24-12-6-2-5-11(13(12)26-15(17)18)14(23)22(9-16(19,20)21)8-10-4-3-7-25-10/h2-7,15H,8-9H2,1H3. The van der Waals surface area contributed by atoms with E-state index in [0.29, 0.717) is 4.90 Å². The van der Waals surface area contributed by atoms with E-state index in [-0.39, 0.29) is 11.5 Å². The van der Waals surface area contributed by atoms with Gasteiger partial charge < -0.3 is 18.8 Å². The van der Waals surface area contributed by atoms with Crippen LogP contribution in [0, 0.1) is 0 Å². The topological polar surface area (TPSA) is 51.9 Å². The number of halogens is 5. The molecular formula is C16H14F5NO4. The minimum atomic E-state index is -4.70. The highest BCUT2D eigenvalue weighted by Gasteiger charge is 2.35. The molecule has 0 spiro atoms. The number of carbonyl (C=O) groups excluding carboxylic acids is 1. The van der Waals surface area contributed by atoms with Crippen molar-refractivity contribution in [1.82, 2.24) is 4.90 Å². The van der Waals surface area contributed by atoms with Gasteiger partial charge in [0.25, 0.3) is 5.91 Å². The van der Waals surface area contributed by atoms with E-state index in [1.54, 1.807) is 0 Å². The molecule has 0 aliphatic heterocycles. The van der Waals surface area contributed by atoms with Gasteiger partial charge in [-0.3, -0.25) is 4.79 Å². The first-order valence-corrected chi connectivity index (χ1v) is 7.21. The van der Waals surface area contributed by atoms with Crippen LogP contribution >= 0.6 is 0 Å². The lowest BCUT2D eigenvalue weighted by Gasteiger charge is -2.24. The maximum Gasteiger partial charge on any atom is 0.406 e. The number of benzene rings is 1. The molecular weight excluding hydrogens is 365 g/mol. The summed E-state index contributed by atoms with van der Waals surface area (Å²) >= 11 is 0. The van der Waals surface area contributed by atoms with Gasteiger partial charge in [-0.1, -0.05) is 6.07 Å². The van der Waals surface area contributed by atoms with Gasteiger partial charge in [-0.2, -0.15) is 22.0 Å². The lowest BCUT2D eigenvalue weighted by Crippen LogP contribution is -2.38. The smallest absolute Gasteiger partial charge is 0.406 e. The fraction of sp³-hybridized carbons (Fsp3) is 0.312. The molecule has 1 aromatic heterocycles. The van der Waals surface area contributed by atoms with Crippen LogP contribution in [0.25, 0.3) is 0 Å². The zero-order valence-corrected chi connectivity index (χ0v) is 13.4. The van der Waals surface area contributed by atoms with E-state index in [1.165, 1.54) is 30.5 Å². The minimum Gasteiger partial charge on any atom is -0.493 e. The van der Waals surface area contributed by atoms with Gasteiger partial charge in [0.05, 0.1) is 25.5 Å². The average Bonchev–Trinajstić information content (AvgIpc) is 3.05. The van der Waals surface area contributed by atoms with E-state index in [9.17, 15) is 26.7 Å². The fourth-order valence-electron chi connectivity index (χ4n) is 2.23. The number of carbonyl (C=O) groups is 1. The Labute approximate surface area is 144 Å². The molecule has 1 amide bonds. The molecule has 0 aliphatic carbocycles. The molecule has 0 fully saturated rings. The summed E-state index contributed by atoms with van der Waals surface area (Å²) in [6.45, 7) is -5.40. The van der Waals surface area contributed by atoms with Gasteiger partial charge in [-0.15, -0.1) is 0 Å². The summed E-state index contributed by atoms with van der Waals surface area (Å²) in [6.07, 6.45) is -3.46. The lowest BCUT2D eigenvalue weighted by atomic mass is 10.1. The minimum absolute atomic E-state index is 0.0989. The SMILES string of the molecule is COc1cccc(C(=O)N(Cc2ccco2)CC(F)(F)F)c1OC(F)F. The predicted molar refractivity (Wildman–Crippen MR) is 79.1 cm³/mol. The third kappa shape index (κ3) is 5.11. The second-order valence-electron chi connectivity index (χ2n) is 5.07. The number of methoxy groups -OCH3 is 1. The lowest BCUT2D eigenvalue weighted by molar-refractivity contribution is -0.142. The maximum absolute atomic E-state index is 12.9. The quantitative estimate of drug-likeness (QED) is 0.680. The van der Waals surface area contributed by atoms with Crippen LogP contribution < -0.4 is 9.47 Å². The van der Waals surface area contributed by atoms with Gasteiger partial charge in [0.2, 0.25) is 0 Å². The Balaban J connectivity index is 2.40. The number of rotatable bonds is 7. The van der Waals surface area contributed by atoms with Crippen molar-refractivity contribution in [2.24, 2.45) is 0 Å². The van der Waals surface area contributed by atoms with Crippen LogP contribution in [0.4, 0.5) is 22.0 Å². The summed E-state index contributed by atoms with van der Waals surface area (Å²) in [5, 5.41) is 0. The third-order valence-corrected chi connectivity index (χ3v) is 3.22. The largest absolute Gasteiger partial charge is 0.493 e. The number of furan rings is 1. The van der Waals surface area contributed by atoms with Gasteiger partial charge >= 0.3 is 12.8 Å². The van der Waals surface area contributed by atoms with Crippen LogP contribution in [0.2, 0.25) is 0 Å². The Kier molecular flexibility index (Phi) is 6.06. The Hall–Kier alpha value is -2.78. The zero-order chi connectivity index (χ0) is 19.3. The molecule has 0 unspecified atom stereocenters. The first kappa shape index (κ1) is 19.5. The zero-order valence-electron chi connectivity index (χ0n) is 13.4. The highest BCUT2D eigenvalue weighted by molar-refractivity contribution is 5.97. The Morgan fingerprint density at radius 1 is 1.23 bits per heavy atom. The van der Waals surface area contributed by atoms with Crippen LogP contribution in [-0.2, 0) is 6.54 Å². The average molecular weight is 379 g/mol. The van der Waals surface area contributed by atoms with Crippen LogP contribution in [-0.4, -0.2) is 37.2 Å². The molecule has 0 bridgehead atoms. The van der Waals surface area contributed by atoms with E-state index in [2.05, 4.69) is 4.74 Å². The molecule has 2 aromatic rings. The van der Waals surface area contributed by atoms with Gasteiger partial charge in [0.15, 0.2) is 11.5 Å².